The van der Waals surface area contributed by atoms with Gasteiger partial charge in [0.05, 0.1) is 49.2 Å². The predicted octanol–water partition coefficient (Wildman–Crippen LogP) is 3.50. The Hall–Kier alpha value is -4.16. The van der Waals surface area contributed by atoms with Crippen LogP contribution in [-0.4, -0.2) is 52.7 Å². The number of hydrogen-bond donors (Lipinski definition) is 2. The van der Waals surface area contributed by atoms with Crippen molar-refractivity contribution in [3.63, 3.8) is 0 Å². The highest BCUT2D eigenvalue weighted by molar-refractivity contribution is 5.90. The van der Waals surface area contributed by atoms with Crippen LogP contribution in [0.5, 0.6) is 0 Å². The largest absolute Gasteiger partial charge is 0.442 e. The lowest BCUT2D eigenvalue weighted by Crippen LogP contribution is -2.33. The minimum Gasteiger partial charge on any atom is -0.442 e. The zero-order chi connectivity index (χ0) is 25.4. The molecule has 0 aliphatic carbocycles. The number of alkyl halides is 2. The van der Waals surface area contributed by atoms with Gasteiger partial charge >= 0.3 is 6.09 Å². The van der Waals surface area contributed by atoms with Gasteiger partial charge in [-0.1, -0.05) is 0 Å². The van der Waals surface area contributed by atoms with Crippen molar-refractivity contribution in [1.29, 1.82) is 0 Å². The van der Waals surface area contributed by atoms with Crippen LogP contribution in [0.15, 0.2) is 49.1 Å². The zero-order valence-electron chi connectivity index (χ0n) is 18.6. The third-order valence-electron chi connectivity index (χ3n) is 4.79. The third kappa shape index (κ3) is 6.91. The summed E-state index contributed by atoms with van der Waals surface area (Å²) in [5, 5.41) is 5.60. The number of pyridine rings is 1. The van der Waals surface area contributed by atoms with Gasteiger partial charge in [0.15, 0.2) is 0 Å². The van der Waals surface area contributed by atoms with Crippen LogP contribution in [0, 0.1) is 11.6 Å². The Morgan fingerprint density at radius 1 is 1.20 bits per heavy atom. The third-order valence-corrected chi connectivity index (χ3v) is 4.79. The summed E-state index contributed by atoms with van der Waals surface area (Å²) in [6, 6.07) is 7.20. The molecular weight excluding hydrogens is 472 g/mol. The molecule has 2 aromatic heterocycles. The molecule has 1 aromatic carbocycles. The Balaban J connectivity index is 0.00000108. The van der Waals surface area contributed by atoms with Crippen LogP contribution >= 0.6 is 0 Å². The van der Waals surface area contributed by atoms with Crippen molar-refractivity contribution in [2.45, 2.75) is 19.6 Å². The highest BCUT2D eigenvalue weighted by Gasteiger charge is 2.32. The van der Waals surface area contributed by atoms with Crippen LogP contribution in [0.2, 0.25) is 0 Å². The van der Waals surface area contributed by atoms with Crippen molar-refractivity contribution < 1.29 is 31.9 Å². The van der Waals surface area contributed by atoms with E-state index >= 15 is 0 Å². The van der Waals surface area contributed by atoms with E-state index < -0.39 is 30.8 Å². The standard InChI is InChI=1S/C21H20F2N6O3.CH2F2/c1-13(30)24-9-17-11-29(21(31)32-17)16-3-4-19(18(23)6-16)28-10-15(27-12-28)8-26-20-5-2-14(22)7-25-20;2-1-3/h2-7,10,12,17H,8-9,11H2,1H3,(H,24,30)(H,25,26);1H2/t17-;/m0./s1. The van der Waals surface area contributed by atoms with E-state index in [0.717, 1.165) is 6.20 Å². The molecule has 0 spiro atoms. The first kappa shape index (κ1) is 25.5. The summed E-state index contributed by atoms with van der Waals surface area (Å²) in [6.45, 7) is 0.341. The number of nitrogens with zero attached hydrogens (tertiary/aromatic N) is 4. The van der Waals surface area contributed by atoms with Crippen molar-refractivity contribution in [3.8, 4) is 5.69 Å². The fourth-order valence-corrected chi connectivity index (χ4v) is 3.22. The molecule has 1 fully saturated rings. The van der Waals surface area contributed by atoms with Crippen molar-refractivity contribution in [1.82, 2.24) is 19.9 Å². The Morgan fingerprint density at radius 3 is 2.63 bits per heavy atom. The smallest absolute Gasteiger partial charge is 0.414 e. The maximum atomic E-state index is 14.8. The molecule has 0 saturated carbocycles. The van der Waals surface area contributed by atoms with E-state index in [4.69, 9.17) is 4.74 Å². The maximum absolute atomic E-state index is 14.8. The van der Waals surface area contributed by atoms with E-state index in [1.807, 2.05) is 0 Å². The first-order valence-corrected chi connectivity index (χ1v) is 10.3. The number of amides is 2. The number of aromatic nitrogens is 3. The molecular formula is C22H22F4N6O3. The van der Waals surface area contributed by atoms with Gasteiger partial charge in [-0.15, -0.1) is 0 Å². The Labute approximate surface area is 197 Å². The summed E-state index contributed by atoms with van der Waals surface area (Å²) < 4.78 is 53.7. The molecule has 2 N–H and O–H groups in total. The lowest BCUT2D eigenvalue weighted by atomic mass is 10.2. The number of benzene rings is 1. The van der Waals surface area contributed by atoms with Gasteiger partial charge in [0.1, 0.15) is 23.6 Å². The molecule has 1 saturated heterocycles. The molecule has 35 heavy (non-hydrogen) atoms. The van der Waals surface area contributed by atoms with E-state index in [9.17, 15) is 27.2 Å². The maximum Gasteiger partial charge on any atom is 0.414 e. The highest BCUT2D eigenvalue weighted by atomic mass is 19.3. The number of rotatable bonds is 7. The number of halogens is 4. The first-order valence-electron chi connectivity index (χ1n) is 10.3. The van der Waals surface area contributed by atoms with Crippen molar-refractivity contribution in [2.75, 3.05) is 30.2 Å². The normalized spacial score (nSPS) is 14.7. The van der Waals surface area contributed by atoms with Gasteiger partial charge in [0.25, 0.3) is 0 Å². The lowest BCUT2D eigenvalue weighted by molar-refractivity contribution is -0.119. The van der Waals surface area contributed by atoms with Gasteiger partial charge in [0, 0.05) is 13.1 Å². The zero-order valence-corrected chi connectivity index (χ0v) is 18.6. The SMILES string of the molecule is CC(=O)NC[C@H]1CN(c2ccc(-n3cnc(CNc4ccc(F)cn4)c3)c(F)c2)C(=O)O1.FCF. The van der Waals surface area contributed by atoms with E-state index in [1.165, 1.54) is 40.9 Å². The van der Waals surface area contributed by atoms with Crippen molar-refractivity contribution in [3.05, 3.63) is 66.4 Å². The molecule has 1 aliphatic heterocycles. The van der Waals surface area contributed by atoms with Crippen LogP contribution in [-0.2, 0) is 16.1 Å². The topological polar surface area (TPSA) is 101 Å². The second-order valence-electron chi connectivity index (χ2n) is 7.28. The van der Waals surface area contributed by atoms with Crippen LogP contribution in [0.25, 0.3) is 5.69 Å². The minimum absolute atomic E-state index is 0.192. The summed E-state index contributed by atoms with van der Waals surface area (Å²) in [5.41, 5.74) is 1.24. The van der Waals surface area contributed by atoms with Gasteiger partial charge in [-0.05, 0) is 30.3 Å². The molecule has 1 aliphatic rings. The number of anilines is 2. The fourth-order valence-electron chi connectivity index (χ4n) is 3.22. The van der Waals surface area contributed by atoms with Crippen molar-refractivity contribution >= 4 is 23.5 Å². The number of nitrogens with one attached hydrogen (secondary N) is 2. The molecule has 2 amide bonds. The molecule has 0 unspecified atom stereocenters. The molecule has 13 heteroatoms. The molecule has 3 aromatic rings. The predicted molar refractivity (Wildman–Crippen MR) is 118 cm³/mol. The number of hydrogen-bond acceptors (Lipinski definition) is 6. The van der Waals surface area contributed by atoms with E-state index in [0.29, 0.717) is 23.7 Å². The monoisotopic (exact) mass is 494 g/mol. The molecule has 0 bridgehead atoms. The summed E-state index contributed by atoms with van der Waals surface area (Å²) >= 11 is 0. The summed E-state index contributed by atoms with van der Waals surface area (Å²) in [5.74, 6) is -0.702. The van der Waals surface area contributed by atoms with Crippen molar-refractivity contribution in [2.24, 2.45) is 0 Å². The summed E-state index contributed by atoms with van der Waals surface area (Å²) in [7, 11) is 0. The summed E-state index contributed by atoms with van der Waals surface area (Å²) in [4.78, 5) is 32.6. The van der Waals surface area contributed by atoms with Gasteiger partial charge in [0.2, 0.25) is 12.8 Å². The van der Waals surface area contributed by atoms with E-state index in [1.54, 1.807) is 18.3 Å². The molecule has 3 heterocycles. The molecule has 0 radical (unpaired) electrons. The highest BCUT2D eigenvalue weighted by Crippen LogP contribution is 2.25. The quantitative estimate of drug-likeness (QED) is 0.488. The van der Waals surface area contributed by atoms with Crippen LogP contribution in [0.3, 0.4) is 0 Å². The summed E-state index contributed by atoms with van der Waals surface area (Å²) in [6.07, 6.45) is 3.13. The van der Waals surface area contributed by atoms with Crippen LogP contribution in [0.1, 0.15) is 12.6 Å². The Kier molecular flexibility index (Phi) is 8.59. The van der Waals surface area contributed by atoms with E-state index in [-0.39, 0.29) is 24.7 Å². The minimum atomic E-state index is -1.75. The number of ether oxygens (including phenoxy) is 1. The van der Waals surface area contributed by atoms with Gasteiger partial charge < -0.3 is 19.9 Å². The fraction of sp³-hybridized carbons (Fsp3) is 0.273. The Bertz CT molecular complexity index is 1160. The number of carbonyl (C=O) groups excluding carboxylic acids is 2. The van der Waals surface area contributed by atoms with Crippen LogP contribution < -0.4 is 15.5 Å². The van der Waals surface area contributed by atoms with Crippen LogP contribution in [0.4, 0.5) is 33.9 Å². The second kappa shape index (κ2) is 11.8. The number of carbonyl (C=O) groups is 2. The number of cyclic esters (lactones) is 1. The number of imidazole rings is 1. The molecule has 9 nitrogen and oxygen atoms in total. The van der Waals surface area contributed by atoms with Gasteiger partial charge in [-0.2, -0.15) is 0 Å². The Morgan fingerprint density at radius 2 is 1.97 bits per heavy atom. The van der Waals surface area contributed by atoms with E-state index in [2.05, 4.69) is 20.6 Å². The van der Waals surface area contributed by atoms with Gasteiger partial charge in [-0.3, -0.25) is 9.69 Å². The first-order chi connectivity index (χ1) is 16.8. The lowest BCUT2D eigenvalue weighted by Gasteiger charge is -2.14. The molecule has 186 valence electrons. The second-order valence-corrected chi connectivity index (χ2v) is 7.28. The average Bonchev–Trinajstić information content (AvgIpc) is 3.44. The van der Waals surface area contributed by atoms with Gasteiger partial charge in [-0.25, -0.2) is 32.3 Å². The average molecular weight is 494 g/mol. The molecule has 1 atom stereocenters. The molecule has 4 rings (SSSR count).